The van der Waals surface area contributed by atoms with Crippen LogP contribution in [-0.4, -0.2) is 25.0 Å². The van der Waals surface area contributed by atoms with Crippen LogP contribution in [0.3, 0.4) is 0 Å². The molecule has 2 N–H and O–H groups in total. The SMILES string of the molecule is CC1(C(=O)Cc2sccc2Br)COCC1N. The van der Waals surface area contributed by atoms with Crippen molar-refractivity contribution in [3.8, 4) is 0 Å². The van der Waals surface area contributed by atoms with Gasteiger partial charge in [0.05, 0.1) is 18.6 Å². The Morgan fingerprint density at radius 3 is 3.06 bits per heavy atom. The lowest BCUT2D eigenvalue weighted by Crippen LogP contribution is -2.45. The van der Waals surface area contributed by atoms with Crippen molar-refractivity contribution in [2.45, 2.75) is 19.4 Å². The molecule has 0 aliphatic carbocycles. The highest BCUT2D eigenvalue weighted by Crippen LogP contribution is 2.32. The van der Waals surface area contributed by atoms with Gasteiger partial charge in [0, 0.05) is 21.8 Å². The first-order valence-corrected chi connectivity index (χ1v) is 6.80. The van der Waals surface area contributed by atoms with Crippen molar-refractivity contribution < 1.29 is 9.53 Å². The first-order valence-electron chi connectivity index (χ1n) is 5.12. The van der Waals surface area contributed by atoms with E-state index in [1.165, 1.54) is 0 Å². The first kappa shape index (κ1) is 12.2. The lowest BCUT2D eigenvalue weighted by atomic mass is 9.80. The molecule has 1 aromatic heterocycles. The maximum absolute atomic E-state index is 12.2. The summed E-state index contributed by atoms with van der Waals surface area (Å²) < 4.78 is 6.29. The molecule has 0 amide bonds. The molecule has 3 nitrogen and oxygen atoms in total. The van der Waals surface area contributed by atoms with E-state index in [0.29, 0.717) is 19.6 Å². The normalized spacial score (nSPS) is 29.6. The Morgan fingerprint density at radius 1 is 1.81 bits per heavy atom. The Morgan fingerprint density at radius 2 is 2.56 bits per heavy atom. The second-order valence-electron chi connectivity index (χ2n) is 4.33. The fourth-order valence-corrected chi connectivity index (χ4v) is 3.27. The van der Waals surface area contributed by atoms with Crippen LogP contribution in [0.25, 0.3) is 0 Å². The number of ketones is 1. The highest BCUT2D eigenvalue weighted by molar-refractivity contribution is 9.10. The van der Waals surface area contributed by atoms with Gasteiger partial charge in [0.1, 0.15) is 5.78 Å². The van der Waals surface area contributed by atoms with E-state index in [9.17, 15) is 4.79 Å². The zero-order valence-electron chi connectivity index (χ0n) is 9.03. The van der Waals surface area contributed by atoms with E-state index in [0.717, 1.165) is 9.35 Å². The number of halogens is 1. The molecule has 2 unspecified atom stereocenters. The summed E-state index contributed by atoms with van der Waals surface area (Å²) in [6.07, 6.45) is 0.436. The number of nitrogens with two attached hydrogens (primary N) is 1. The second-order valence-corrected chi connectivity index (χ2v) is 6.19. The summed E-state index contributed by atoms with van der Waals surface area (Å²) in [6, 6.07) is 1.78. The van der Waals surface area contributed by atoms with E-state index in [4.69, 9.17) is 10.5 Å². The molecule has 16 heavy (non-hydrogen) atoms. The fourth-order valence-electron chi connectivity index (χ4n) is 1.78. The largest absolute Gasteiger partial charge is 0.379 e. The van der Waals surface area contributed by atoms with Crippen LogP contribution in [0, 0.1) is 5.41 Å². The zero-order valence-corrected chi connectivity index (χ0v) is 11.4. The Hall–Kier alpha value is -0.230. The summed E-state index contributed by atoms with van der Waals surface area (Å²) in [7, 11) is 0. The van der Waals surface area contributed by atoms with E-state index in [-0.39, 0.29) is 11.8 Å². The molecule has 1 aliphatic rings. The van der Waals surface area contributed by atoms with E-state index >= 15 is 0 Å². The molecule has 1 aliphatic heterocycles. The average molecular weight is 304 g/mol. The maximum atomic E-state index is 12.2. The number of hydrogen-bond acceptors (Lipinski definition) is 4. The van der Waals surface area contributed by atoms with Crippen molar-refractivity contribution in [2.24, 2.45) is 11.1 Å². The smallest absolute Gasteiger partial charge is 0.147 e. The van der Waals surface area contributed by atoms with Gasteiger partial charge in [0.2, 0.25) is 0 Å². The summed E-state index contributed by atoms with van der Waals surface area (Å²) in [6.45, 7) is 2.82. The second kappa shape index (κ2) is 4.56. The van der Waals surface area contributed by atoms with Crippen molar-refractivity contribution in [1.29, 1.82) is 0 Å². The Balaban J connectivity index is 2.11. The summed E-state index contributed by atoms with van der Waals surface area (Å²) in [5.74, 6) is 0.167. The number of rotatable bonds is 3. The van der Waals surface area contributed by atoms with Crippen LogP contribution in [0.5, 0.6) is 0 Å². The molecule has 1 aromatic rings. The third-order valence-electron chi connectivity index (χ3n) is 3.17. The molecule has 1 saturated heterocycles. The van der Waals surface area contributed by atoms with Gasteiger partial charge in [-0.15, -0.1) is 11.3 Å². The highest BCUT2D eigenvalue weighted by atomic mass is 79.9. The number of thiophene rings is 1. The molecule has 1 fully saturated rings. The molecule has 0 bridgehead atoms. The number of ether oxygens (including phenoxy) is 1. The van der Waals surface area contributed by atoms with Crippen LogP contribution in [0.15, 0.2) is 15.9 Å². The summed E-state index contributed by atoms with van der Waals surface area (Å²) in [4.78, 5) is 13.3. The summed E-state index contributed by atoms with van der Waals surface area (Å²) in [5.41, 5.74) is 5.40. The average Bonchev–Trinajstić information content (AvgIpc) is 2.77. The van der Waals surface area contributed by atoms with Gasteiger partial charge in [-0.05, 0) is 34.3 Å². The Labute approximate surface area is 107 Å². The quantitative estimate of drug-likeness (QED) is 0.929. The van der Waals surface area contributed by atoms with E-state index in [2.05, 4.69) is 15.9 Å². The number of hydrogen-bond donors (Lipinski definition) is 1. The molecule has 0 spiro atoms. The molecular weight excluding hydrogens is 290 g/mol. The molecule has 0 radical (unpaired) electrons. The predicted molar refractivity (Wildman–Crippen MR) is 67.6 cm³/mol. The fraction of sp³-hybridized carbons (Fsp3) is 0.545. The molecule has 88 valence electrons. The minimum atomic E-state index is -0.524. The van der Waals surface area contributed by atoms with Gasteiger partial charge >= 0.3 is 0 Å². The van der Waals surface area contributed by atoms with E-state index < -0.39 is 5.41 Å². The van der Waals surface area contributed by atoms with E-state index in [1.807, 2.05) is 18.4 Å². The molecule has 5 heteroatoms. The van der Waals surface area contributed by atoms with Gasteiger partial charge < -0.3 is 10.5 Å². The van der Waals surface area contributed by atoms with Crippen LogP contribution in [-0.2, 0) is 16.0 Å². The van der Waals surface area contributed by atoms with Crippen LogP contribution < -0.4 is 5.73 Å². The number of Topliss-reactive ketones (excluding diaryl/α,β-unsaturated/α-hetero) is 1. The molecule has 0 saturated carbocycles. The number of carbonyl (C=O) groups is 1. The molecule has 0 aromatic carbocycles. The minimum absolute atomic E-state index is 0.167. The minimum Gasteiger partial charge on any atom is -0.379 e. The van der Waals surface area contributed by atoms with E-state index in [1.54, 1.807) is 11.3 Å². The van der Waals surface area contributed by atoms with Gasteiger partial charge in [0.25, 0.3) is 0 Å². The molecule has 2 heterocycles. The van der Waals surface area contributed by atoms with Gasteiger partial charge in [-0.1, -0.05) is 0 Å². The lowest BCUT2D eigenvalue weighted by molar-refractivity contribution is -0.127. The standard InChI is InChI=1S/C11H14BrNO2S/c1-11(6-15-5-9(11)13)10(14)4-8-7(12)2-3-16-8/h2-3,9H,4-6,13H2,1H3. The van der Waals surface area contributed by atoms with Crippen molar-refractivity contribution >= 4 is 33.0 Å². The first-order chi connectivity index (χ1) is 7.54. The van der Waals surface area contributed by atoms with Gasteiger partial charge in [-0.2, -0.15) is 0 Å². The third-order valence-corrected chi connectivity index (χ3v) is 5.09. The predicted octanol–water partition coefficient (Wildman–Crippen LogP) is 1.99. The molecule has 2 rings (SSSR count). The number of carbonyl (C=O) groups excluding carboxylic acids is 1. The van der Waals surface area contributed by atoms with Crippen LogP contribution in [0.1, 0.15) is 11.8 Å². The van der Waals surface area contributed by atoms with Crippen LogP contribution >= 0.6 is 27.3 Å². The topological polar surface area (TPSA) is 52.3 Å². The van der Waals surface area contributed by atoms with Crippen molar-refractivity contribution in [2.75, 3.05) is 13.2 Å². The summed E-state index contributed by atoms with van der Waals surface area (Å²) >= 11 is 5.02. The van der Waals surface area contributed by atoms with Crippen molar-refractivity contribution in [3.63, 3.8) is 0 Å². The molecular formula is C11H14BrNO2S. The van der Waals surface area contributed by atoms with Gasteiger partial charge in [-0.25, -0.2) is 0 Å². The monoisotopic (exact) mass is 303 g/mol. The van der Waals surface area contributed by atoms with Crippen molar-refractivity contribution in [1.82, 2.24) is 0 Å². The van der Waals surface area contributed by atoms with Gasteiger partial charge in [0.15, 0.2) is 0 Å². The highest BCUT2D eigenvalue weighted by Gasteiger charge is 2.43. The lowest BCUT2D eigenvalue weighted by Gasteiger charge is -2.24. The van der Waals surface area contributed by atoms with Crippen molar-refractivity contribution in [3.05, 3.63) is 20.8 Å². The zero-order chi connectivity index (χ0) is 11.8. The van der Waals surface area contributed by atoms with Crippen LogP contribution in [0.4, 0.5) is 0 Å². The Bertz CT molecular complexity index is 406. The molecule has 2 atom stereocenters. The maximum Gasteiger partial charge on any atom is 0.147 e. The third kappa shape index (κ3) is 2.09. The summed E-state index contributed by atoms with van der Waals surface area (Å²) in [5, 5.41) is 1.97. The Kier molecular flexibility index (Phi) is 3.49. The van der Waals surface area contributed by atoms with Gasteiger partial charge in [-0.3, -0.25) is 4.79 Å². The van der Waals surface area contributed by atoms with Crippen LogP contribution in [0.2, 0.25) is 0 Å².